The Balaban J connectivity index is 1.57. The van der Waals surface area contributed by atoms with Crippen LogP contribution in [0.25, 0.3) is 11.3 Å². The Kier molecular flexibility index (Phi) is 7.67. The largest absolute Gasteiger partial charge is 0.496 e. The standard InChI is InChI=1S/C24H34N2O/c1-3-4-5-8-19-11-13-20(14-12-19)15-16-21-17-25-18-26-24(21)22-9-6-7-10-23(22)27-2/h6-7,9-10,17-20H,3-5,8,11-16H2,1-2H3. The van der Waals surface area contributed by atoms with E-state index in [1.54, 1.807) is 13.4 Å². The number of hydrogen-bond donors (Lipinski definition) is 0. The van der Waals surface area contributed by atoms with Crippen LogP contribution in [0, 0.1) is 11.8 Å². The molecule has 1 aliphatic rings. The summed E-state index contributed by atoms with van der Waals surface area (Å²) in [6.07, 6.45) is 17.2. The normalized spacial score (nSPS) is 19.8. The molecule has 1 aromatic carbocycles. The third kappa shape index (κ3) is 5.54. The lowest BCUT2D eigenvalue weighted by Gasteiger charge is -2.28. The Morgan fingerprint density at radius 1 is 1.00 bits per heavy atom. The molecule has 0 N–H and O–H groups in total. The van der Waals surface area contributed by atoms with Crippen molar-refractivity contribution in [3.63, 3.8) is 0 Å². The topological polar surface area (TPSA) is 35.0 Å². The number of para-hydroxylation sites is 1. The highest BCUT2D eigenvalue weighted by molar-refractivity contribution is 5.69. The van der Waals surface area contributed by atoms with Gasteiger partial charge in [0.2, 0.25) is 0 Å². The van der Waals surface area contributed by atoms with Gasteiger partial charge in [0.1, 0.15) is 12.1 Å². The van der Waals surface area contributed by atoms with Crippen LogP contribution in [0.2, 0.25) is 0 Å². The van der Waals surface area contributed by atoms with Crippen LogP contribution in [0.3, 0.4) is 0 Å². The van der Waals surface area contributed by atoms with Crippen molar-refractivity contribution in [1.82, 2.24) is 9.97 Å². The first kappa shape index (κ1) is 19.9. The Labute approximate surface area is 164 Å². The Morgan fingerprint density at radius 2 is 1.74 bits per heavy atom. The van der Waals surface area contributed by atoms with Crippen molar-refractivity contribution in [3.8, 4) is 17.0 Å². The Bertz CT molecular complexity index is 692. The van der Waals surface area contributed by atoms with Crippen LogP contribution in [0.5, 0.6) is 5.75 Å². The van der Waals surface area contributed by atoms with Gasteiger partial charge >= 0.3 is 0 Å². The summed E-state index contributed by atoms with van der Waals surface area (Å²) in [6.45, 7) is 2.30. The minimum absolute atomic E-state index is 0.859. The number of ether oxygens (including phenoxy) is 1. The van der Waals surface area contributed by atoms with Gasteiger partial charge in [-0.15, -0.1) is 0 Å². The Morgan fingerprint density at radius 3 is 2.48 bits per heavy atom. The van der Waals surface area contributed by atoms with Crippen molar-refractivity contribution < 1.29 is 4.74 Å². The van der Waals surface area contributed by atoms with E-state index in [2.05, 4.69) is 23.0 Å². The van der Waals surface area contributed by atoms with Gasteiger partial charge < -0.3 is 4.74 Å². The van der Waals surface area contributed by atoms with Gasteiger partial charge in [-0.05, 0) is 42.4 Å². The monoisotopic (exact) mass is 366 g/mol. The number of aryl methyl sites for hydroxylation is 1. The average Bonchev–Trinajstić information content (AvgIpc) is 2.73. The molecule has 0 aliphatic heterocycles. The molecule has 1 heterocycles. The number of hydrogen-bond acceptors (Lipinski definition) is 3. The van der Waals surface area contributed by atoms with E-state index < -0.39 is 0 Å². The maximum Gasteiger partial charge on any atom is 0.128 e. The first-order valence-electron chi connectivity index (χ1n) is 10.7. The number of rotatable bonds is 9. The third-order valence-electron chi connectivity index (χ3n) is 6.15. The number of benzene rings is 1. The lowest BCUT2D eigenvalue weighted by atomic mass is 9.77. The van der Waals surface area contributed by atoms with Gasteiger partial charge in [-0.3, -0.25) is 0 Å². The number of unbranched alkanes of at least 4 members (excludes halogenated alkanes) is 2. The first-order chi connectivity index (χ1) is 13.3. The SMILES string of the molecule is CCCCCC1CCC(CCc2cncnc2-c2ccccc2OC)CC1. The molecule has 2 aromatic rings. The molecule has 3 rings (SSSR count). The second-order valence-corrected chi connectivity index (χ2v) is 8.02. The highest BCUT2D eigenvalue weighted by Crippen LogP contribution is 2.36. The summed E-state index contributed by atoms with van der Waals surface area (Å²) >= 11 is 0. The summed E-state index contributed by atoms with van der Waals surface area (Å²) in [6, 6.07) is 8.14. The summed E-state index contributed by atoms with van der Waals surface area (Å²) in [5.74, 6) is 2.72. The van der Waals surface area contributed by atoms with Crippen molar-refractivity contribution >= 4 is 0 Å². The quantitative estimate of drug-likeness (QED) is 0.477. The van der Waals surface area contributed by atoms with E-state index >= 15 is 0 Å². The molecule has 0 amide bonds. The third-order valence-corrected chi connectivity index (χ3v) is 6.15. The molecule has 1 fully saturated rings. The molecule has 0 saturated heterocycles. The lowest BCUT2D eigenvalue weighted by Crippen LogP contribution is -2.15. The van der Waals surface area contributed by atoms with E-state index in [4.69, 9.17) is 4.74 Å². The zero-order chi connectivity index (χ0) is 18.9. The van der Waals surface area contributed by atoms with E-state index in [0.717, 1.165) is 35.3 Å². The van der Waals surface area contributed by atoms with Crippen molar-refractivity contribution in [3.05, 3.63) is 42.4 Å². The van der Waals surface area contributed by atoms with E-state index in [-0.39, 0.29) is 0 Å². The zero-order valence-corrected chi connectivity index (χ0v) is 17.0. The molecule has 0 unspecified atom stereocenters. The van der Waals surface area contributed by atoms with E-state index in [1.807, 2.05) is 24.4 Å². The number of aromatic nitrogens is 2. The number of nitrogens with zero attached hydrogens (tertiary/aromatic N) is 2. The van der Waals surface area contributed by atoms with Gasteiger partial charge in [0.15, 0.2) is 0 Å². The van der Waals surface area contributed by atoms with Crippen molar-refractivity contribution in [2.24, 2.45) is 11.8 Å². The molecule has 0 bridgehead atoms. The van der Waals surface area contributed by atoms with E-state index in [1.165, 1.54) is 63.4 Å². The lowest BCUT2D eigenvalue weighted by molar-refractivity contribution is 0.249. The molecule has 1 aromatic heterocycles. The molecule has 1 saturated carbocycles. The molecule has 27 heavy (non-hydrogen) atoms. The highest BCUT2D eigenvalue weighted by Gasteiger charge is 2.21. The van der Waals surface area contributed by atoms with Gasteiger partial charge in [0.05, 0.1) is 12.8 Å². The molecule has 0 radical (unpaired) electrons. The predicted octanol–water partition coefficient (Wildman–Crippen LogP) is 6.47. The molecule has 3 nitrogen and oxygen atoms in total. The van der Waals surface area contributed by atoms with Crippen molar-refractivity contribution in [2.75, 3.05) is 7.11 Å². The second-order valence-electron chi connectivity index (χ2n) is 8.02. The van der Waals surface area contributed by atoms with Crippen molar-refractivity contribution in [1.29, 1.82) is 0 Å². The fraction of sp³-hybridized carbons (Fsp3) is 0.583. The summed E-state index contributed by atoms with van der Waals surface area (Å²) in [5, 5.41) is 0. The van der Waals surface area contributed by atoms with Crippen LogP contribution in [-0.4, -0.2) is 17.1 Å². The number of methoxy groups -OCH3 is 1. The molecular weight excluding hydrogens is 332 g/mol. The highest BCUT2D eigenvalue weighted by atomic mass is 16.5. The van der Waals surface area contributed by atoms with Gasteiger partial charge in [-0.2, -0.15) is 0 Å². The minimum Gasteiger partial charge on any atom is -0.496 e. The van der Waals surface area contributed by atoms with Crippen LogP contribution in [-0.2, 0) is 6.42 Å². The summed E-state index contributed by atoms with van der Waals surface area (Å²) in [7, 11) is 1.72. The second kappa shape index (κ2) is 10.4. The summed E-state index contributed by atoms with van der Waals surface area (Å²) in [4.78, 5) is 8.88. The smallest absolute Gasteiger partial charge is 0.128 e. The van der Waals surface area contributed by atoms with Crippen molar-refractivity contribution in [2.45, 2.75) is 71.1 Å². The van der Waals surface area contributed by atoms with Crippen LogP contribution in [0.15, 0.2) is 36.8 Å². The van der Waals surface area contributed by atoms with Gasteiger partial charge in [0.25, 0.3) is 0 Å². The first-order valence-corrected chi connectivity index (χ1v) is 10.7. The van der Waals surface area contributed by atoms with E-state index in [9.17, 15) is 0 Å². The fourth-order valence-electron chi connectivity index (χ4n) is 4.48. The van der Waals surface area contributed by atoms with E-state index in [0.29, 0.717) is 0 Å². The van der Waals surface area contributed by atoms with Gasteiger partial charge in [-0.25, -0.2) is 9.97 Å². The molecular formula is C24H34N2O. The average molecular weight is 367 g/mol. The minimum atomic E-state index is 0.859. The van der Waals surface area contributed by atoms with Gasteiger partial charge in [0, 0.05) is 11.8 Å². The van der Waals surface area contributed by atoms with Crippen LogP contribution >= 0.6 is 0 Å². The molecule has 3 heteroatoms. The van der Waals surface area contributed by atoms with Gasteiger partial charge in [-0.1, -0.05) is 70.4 Å². The summed E-state index contributed by atoms with van der Waals surface area (Å²) in [5.41, 5.74) is 3.33. The molecule has 0 atom stereocenters. The van der Waals surface area contributed by atoms with Crippen LogP contribution in [0.4, 0.5) is 0 Å². The molecule has 0 spiro atoms. The maximum absolute atomic E-state index is 5.54. The molecule has 146 valence electrons. The van der Waals surface area contributed by atoms with Crippen LogP contribution in [0.1, 0.15) is 70.3 Å². The Hall–Kier alpha value is -1.90. The fourth-order valence-corrected chi connectivity index (χ4v) is 4.48. The molecule has 1 aliphatic carbocycles. The predicted molar refractivity (Wildman–Crippen MR) is 112 cm³/mol. The van der Waals surface area contributed by atoms with Crippen LogP contribution < -0.4 is 4.74 Å². The zero-order valence-electron chi connectivity index (χ0n) is 17.0. The maximum atomic E-state index is 5.54. The summed E-state index contributed by atoms with van der Waals surface area (Å²) < 4.78 is 5.54.